The molecule has 2 saturated carbocycles. The number of allylic oxidation sites excluding steroid dienone is 8. The molecule has 2 spiro atoms. The molecule has 2 heteroatoms. The second-order valence-corrected chi connectivity index (χ2v) is 18.6. The SMILES string of the molecule is C1=CC2C(C=C1c1ccc(-c3cc(C4=CC=C(c5ccccc5)CC4)nc(-c4ccccc4)n3)cc1)c1cc3c(cc1C21CCCCC1)-c1ccccc1C31CCCCC1. The van der Waals surface area contributed by atoms with Gasteiger partial charge in [-0.05, 0) is 118 Å². The summed E-state index contributed by atoms with van der Waals surface area (Å²) in [5, 5.41) is 0. The lowest BCUT2D eigenvalue weighted by Gasteiger charge is -2.41. The zero-order valence-corrected chi connectivity index (χ0v) is 34.5. The summed E-state index contributed by atoms with van der Waals surface area (Å²) in [6.07, 6.45) is 27.5. The van der Waals surface area contributed by atoms with Gasteiger partial charge in [0.25, 0.3) is 0 Å². The molecule has 12 rings (SSSR count). The van der Waals surface area contributed by atoms with Gasteiger partial charge in [0.1, 0.15) is 0 Å². The average Bonchev–Trinajstić information content (AvgIpc) is 3.73. The summed E-state index contributed by atoms with van der Waals surface area (Å²) in [5.74, 6) is 1.71. The number of nitrogens with zero attached hydrogens (tertiary/aromatic N) is 2. The maximum Gasteiger partial charge on any atom is 0.160 e. The first kappa shape index (κ1) is 36.0. The molecule has 5 aromatic carbocycles. The van der Waals surface area contributed by atoms with Crippen LogP contribution in [0.1, 0.15) is 122 Å². The Hall–Kier alpha value is -5.86. The normalized spacial score (nSPS) is 21.7. The predicted molar refractivity (Wildman–Crippen MR) is 248 cm³/mol. The summed E-state index contributed by atoms with van der Waals surface area (Å²) in [7, 11) is 0. The van der Waals surface area contributed by atoms with Crippen molar-refractivity contribution in [1.29, 1.82) is 0 Å². The number of hydrogen-bond acceptors (Lipinski definition) is 2. The topological polar surface area (TPSA) is 25.8 Å². The van der Waals surface area contributed by atoms with E-state index in [-0.39, 0.29) is 10.8 Å². The van der Waals surface area contributed by atoms with E-state index >= 15 is 0 Å². The highest BCUT2D eigenvalue weighted by Crippen LogP contribution is 2.64. The van der Waals surface area contributed by atoms with Gasteiger partial charge in [-0.3, -0.25) is 0 Å². The molecule has 0 amide bonds. The fourth-order valence-corrected chi connectivity index (χ4v) is 12.6. The van der Waals surface area contributed by atoms with Gasteiger partial charge < -0.3 is 0 Å². The molecule has 1 aromatic heterocycles. The number of benzene rings is 5. The fourth-order valence-electron chi connectivity index (χ4n) is 12.6. The van der Waals surface area contributed by atoms with E-state index in [0.717, 1.165) is 41.2 Å². The van der Waals surface area contributed by atoms with Gasteiger partial charge >= 0.3 is 0 Å². The van der Waals surface area contributed by atoms with E-state index < -0.39 is 0 Å². The Morgan fingerprint density at radius 2 is 1.13 bits per heavy atom. The summed E-state index contributed by atoms with van der Waals surface area (Å²) in [4.78, 5) is 10.3. The zero-order valence-electron chi connectivity index (χ0n) is 34.5. The molecule has 0 N–H and O–H groups in total. The Morgan fingerprint density at radius 1 is 0.483 bits per heavy atom. The number of rotatable bonds is 5. The molecule has 2 atom stereocenters. The monoisotopic (exact) mass is 776 g/mol. The predicted octanol–water partition coefficient (Wildman–Crippen LogP) is 14.9. The van der Waals surface area contributed by atoms with Crippen LogP contribution in [0.25, 0.3) is 50.5 Å². The fraction of sp³-hybridized carbons (Fsp3) is 0.276. The van der Waals surface area contributed by atoms with Crippen LogP contribution in [0.4, 0.5) is 0 Å². The summed E-state index contributed by atoms with van der Waals surface area (Å²) in [6.45, 7) is 0. The highest BCUT2D eigenvalue weighted by molar-refractivity contribution is 5.85. The third-order valence-corrected chi connectivity index (χ3v) is 15.5. The smallest absolute Gasteiger partial charge is 0.160 e. The molecular formula is C58H52N2. The Bertz CT molecular complexity index is 2750. The van der Waals surface area contributed by atoms with Gasteiger partial charge in [0.05, 0.1) is 11.4 Å². The molecule has 1 heterocycles. The maximum absolute atomic E-state index is 5.19. The van der Waals surface area contributed by atoms with Crippen LogP contribution in [-0.2, 0) is 10.8 Å². The van der Waals surface area contributed by atoms with Crippen LogP contribution < -0.4 is 0 Å². The molecule has 6 aromatic rings. The van der Waals surface area contributed by atoms with Gasteiger partial charge in [-0.2, -0.15) is 0 Å². The molecule has 6 aliphatic rings. The van der Waals surface area contributed by atoms with Crippen molar-refractivity contribution in [2.24, 2.45) is 5.92 Å². The Labute approximate surface area is 355 Å². The van der Waals surface area contributed by atoms with E-state index in [9.17, 15) is 0 Å². The lowest BCUT2D eigenvalue weighted by molar-refractivity contribution is 0.233. The Kier molecular flexibility index (Phi) is 8.65. The zero-order chi connectivity index (χ0) is 39.7. The van der Waals surface area contributed by atoms with E-state index in [2.05, 4.69) is 158 Å². The Balaban J connectivity index is 0.908. The largest absolute Gasteiger partial charge is 0.228 e. The van der Waals surface area contributed by atoms with Crippen molar-refractivity contribution in [3.8, 4) is 33.8 Å². The highest BCUT2D eigenvalue weighted by atomic mass is 14.9. The van der Waals surface area contributed by atoms with E-state index in [4.69, 9.17) is 9.97 Å². The van der Waals surface area contributed by atoms with E-state index in [0.29, 0.717) is 11.8 Å². The van der Waals surface area contributed by atoms with Crippen LogP contribution in [0.5, 0.6) is 0 Å². The van der Waals surface area contributed by atoms with Crippen LogP contribution >= 0.6 is 0 Å². The third-order valence-electron chi connectivity index (χ3n) is 15.5. The minimum Gasteiger partial charge on any atom is -0.228 e. The van der Waals surface area contributed by atoms with Gasteiger partial charge in [-0.25, -0.2) is 9.97 Å². The summed E-state index contributed by atoms with van der Waals surface area (Å²) < 4.78 is 0. The molecule has 0 radical (unpaired) electrons. The van der Waals surface area contributed by atoms with Crippen molar-refractivity contribution >= 4 is 16.7 Å². The Morgan fingerprint density at radius 3 is 1.88 bits per heavy atom. The van der Waals surface area contributed by atoms with Crippen molar-refractivity contribution in [2.75, 3.05) is 0 Å². The second-order valence-electron chi connectivity index (χ2n) is 18.6. The second kappa shape index (κ2) is 14.4. The summed E-state index contributed by atoms with van der Waals surface area (Å²) >= 11 is 0. The minimum absolute atomic E-state index is 0.181. The van der Waals surface area contributed by atoms with Gasteiger partial charge in [0.15, 0.2) is 5.82 Å². The number of fused-ring (bicyclic) bond motifs is 10. The standard InChI is InChI=1S/C58H52N2/c1-5-15-39(16-6-1)40-21-25-42(26-22-40)54-38-55(60-56(59-54)44-17-7-2-8-18-44)43-27-23-41(24-28-43)45-29-30-51-47(35-45)49-37-52-48(36-53(49)58(51)33-13-4-14-34-58)46-19-9-10-20-50(46)57(52)31-11-3-12-32-57/h1-2,5-10,15-21,23-25,27-30,35-38,47,51H,3-4,11-14,22,26,31-34H2. The van der Waals surface area contributed by atoms with Crippen molar-refractivity contribution in [1.82, 2.24) is 9.97 Å². The highest BCUT2D eigenvalue weighted by Gasteiger charge is 2.53. The van der Waals surface area contributed by atoms with Crippen LogP contribution in [0.3, 0.4) is 0 Å². The van der Waals surface area contributed by atoms with Crippen molar-refractivity contribution in [3.05, 3.63) is 197 Å². The summed E-state index contributed by atoms with van der Waals surface area (Å²) in [6, 6.07) is 47.5. The maximum atomic E-state index is 5.19. The first-order chi connectivity index (χ1) is 29.7. The molecule has 294 valence electrons. The van der Waals surface area contributed by atoms with Crippen molar-refractivity contribution in [2.45, 2.75) is 93.8 Å². The first-order valence-corrected chi connectivity index (χ1v) is 22.9. The van der Waals surface area contributed by atoms with Gasteiger partial charge in [-0.1, -0.05) is 184 Å². The van der Waals surface area contributed by atoms with E-state index in [1.807, 2.05) is 0 Å². The van der Waals surface area contributed by atoms with Crippen molar-refractivity contribution in [3.63, 3.8) is 0 Å². The number of hydrogen-bond donors (Lipinski definition) is 0. The van der Waals surface area contributed by atoms with Crippen molar-refractivity contribution < 1.29 is 0 Å². The van der Waals surface area contributed by atoms with Gasteiger partial charge in [-0.15, -0.1) is 0 Å². The quantitative estimate of drug-likeness (QED) is 0.174. The van der Waals surface area contributed by atoms with Crippen LogP contribution in [0.15, 0.2) is 158 Å². The van der Waals surface area contributed by atoms with Crippen LogP contribution in [0, 0.1) is 5.92 Å². The van der Waals surface area contributed by atoms with Gasteiger partial charge in [0, 0.05) is 27.9 Å². The molecule has 2 nitrogen and oxygen atoms in total. The van der Waals surface area contributed by atoms with Crippen LogP contribution in [0.2, 0.25) is 0 Å². The van der Waals surface area contributed by atoms with E-state index in [1.165, 1.54) is 97.6 Å². The minimum atomic E-state index is 0.181. The molecule has 0 saturated heterocycles. The third kappa shape index (κ3) is 5.74. The first-order valence-electron chi connectivity index (χ1n) is 22.9. The average molecular weight is 777 g/mol. The number of aromatic nitrogens is 2. The molecular weight excluding hydrogens is 725 g/mol. The molecule has 0 aliphatic heterocycles. The van der Waals surface area contributed by atoms with Gasteiger partial charge in [0.2, 0.25) is 0 Å². The molecule has 2 unspecified atom stereocenters. The molecule has 0 bridgehead atoms. The lowest BCUT2D eigenvalue weighted by atomic mass is 9.63. The molecule has 60 heavy (non-hydrogen) atoms. The molecule has 2 fully saturated rings. The molecule has 6 aliphatic carbocycles. The summed E-state index contributed by atoms with van der Waals surface area (Å²) in [5.41, 5.74) is 20.7. The van der Waals surface area contributed by atoms with Crippen LogP contribution in [-0.4, -0.2) is 9.97 Å². The van der Waals surface area contributed by atoms with E-state index in [1.54, 1.807) is 27.8 Å². The lowest BCUT2D eigenvalue weighted by Crippen LogP contribution is -2.34.